The minimum absolute atomic E-state index is 0.112. The second-order valence-electron chi connectivity index (χ2n) is 6.78. The standard InChI is InChI=1S/C18H35NO2/c1-3-14-19-17(11-7-9-16-10-8-15-20-16)18(21-4-2)12-5-6-13-18/h16-17,19H,3-15H2,1-2H3. The summed E-state index contributed by atoms with van der Waals surface area (Å²) in [4.78, 5) is 0. The summed E-state index contributed by atoms with van der Waals surface area (Å²) in [6.07, 6.45) is 13.1. The molecule has 1 N–H and O–H groups in total. The van der Waals surface area contributed by atoms with Crippen molar-refractivity contribution in [2.75, 3.05) is 19.8 Å². The lowest BCUT2D eigenvalue weighted by atomic mass is 9.87. The van der Waals surface area contributed by atoms with Crippen molar-refractivity contribution in [2.45, 2.75) is 95.8 Å². The minimum atomic E-state index is 0.112. The molecule has 2 fully saturated rings. The molecule has 3 nitrogen and oxygen atoms in total. The Morgan fingerprint density at radius 2 is 2.05 bits per heavy atom. The molecule has 124 valence electrons. The van der Waals surface area contributed by atoms with Gasteiger partial charge >= 0.3 is 0 Å². The summed E-state index contributed by atoms with van der Waals surface area (Å²) < 4.78 is 12.0. The van der Waals surface area contributed by atoms with Gasteiger partial charge in [0, 0.05) is 19.3 Å². The van der Waals surface area contributed by atoms with Crippen LogP contribution in [0.1, 0.15) is 78.1 Å². The van der Waals surface area contributed by atoms with Gasteiger partial charge in [0.1, 0.15) is 0 Å². The van der Waals surface area contributed by atoms with Gasteiger partial charge in [-0.15, -0.1) is 0 Å². The first kappa shape index (κ1) is 17.2. The molecule has 1 aliphatic heterocycles. The smallest absolute Gasteiger partial charge is 0.0834 e. The molecule has 2 rings (SSSR count). The Labute approximate surface area is 131 Å². The first-order chi connectivity index (χ1) is 10.3. The number of hydrogen-bond acceptors (Lipinski definition) is 3. The molecule has 1 saturated carbocycles. The Balaban J connectivity index is 1.85. The summed E-state index contributed by atoms with van der Waals surface area (Å²) in [6.45, 7) is 7.32. The Bertz CT molecular complexity index is 270. The van der Waals surface area contributed by atoms with E-state index in [0.29, 0.717) is 12.1 Å². The van der Waals surface area contributed by atoms with Crippen LogP contribution in [0.15, 0.2) is 0 Å². The van der Waals surface area contributed by atoms with Crippen LogP contribution in [0.3, 0.4) is 0 Å². The van der Waals surface area contributed by atoms with E-state index in [1.54, 1.807) is 0 Å². The van der Waals surface area contributed by atoms with E-state index >= 15 is 0 Å². The van der Waals surface area contributed by atoms with E-state index in [9.17, 15) is 0 Å². The van der Waals surface area contributed by atoms with Gasteiger partial charge in [-0.3, -0.25) is 0 Å². The predicted octanol–water partition coefficient (Wildman–Crippen LogP) is 4.05. The summed E-state index contributed by atoms with van der Waals surface area (Å²) in [5, 5.41) is 3.80. The monoisotopic (exact) mass is 297 g/mol. The molecule has 2 aliphatic rings. The lowest BCUT2D eigenvalue weighted by molar-refractivity contribution is -0.0641. The lowest BCUT2D eigenvalue weighted by Crippen LogP contribution is -2.51. The van der Waals surface area contributed by atoms with E-state index in [1.807, 2.05) is 0 Å². The van der Waals surface area contributed by atoms with Crippen molar-refractivity contribution >= 4 is 0 Å². The van der Waals surface area contributed by atoms with Crippen LogP contribution in [0.5, 0.6) is 0 Å². The zero-order valence-corrected chi connectivity index (χ0v) is 14.2. The Hall–Kier alpha value is -0.120. The molecule has 1 aliphatic carbocycles. The molecular weight excluding hydrogens is 262 g/mol. The molecule has 0 spiro atoms. The molecule has 1 saturated heterocycles. The summed E-state index contributed by atoms with van der Waals surface area (Å²) in [6, 6.07) is 0.529. The molecule has 1 heterocycles. The van der Waals surface area contributed by atoms with Crippen LogP contribution in [-0.4, -0.2) is 37.5 Å². The third kappa shape index (κ3) is 4.94. The fraction of sp³-hybridized carbons (Fsp3) is 1.00. The molecule has 21 heavy (non-hydrogen) atoms. The highest BCUT2D eigenvalue weighted by Crippen LogP contribution is 2.38. The normalized spacial score (nSPS) is 26.3. The van der Waals surface area contributed by atoms with Gasteiger partial charge in [-0.05, 0) is 64.8 Å². The number of nitrogens with one attached hydrogen (secondary N) is 1. The van der Waals surface area contributed by atoms with Crippen LogP contribution in [0.2, 0.25) is 0 Å². The van der Waals surface area contributed by atoms with E-state index in [-0.39, 0.29) is 5.60 Å². The third-order valence-electron chi connectivity index (χ3n) is 5.20. The van der Waals surface area contributed by atoms with Crippen molar-refractivity contribution in [1.29, 1.82) is 0 Å². The zero-order valence-electron chi connectivity index (χ0n) is 14.2. The molecule has 2 atom stereocenters. The highest BCUT2D eigenvalue weighted by Gasteiger charge is 2.41. The lowest BCUT2D eigenvalue weighted by Gasteiger charge is -2.38. The van der Waals surface area contributed by atoms with E-state index in [0.717, 1.165) is 19.8 Å². The van der Waals surface area contributed by atoms with Gasteiger partial charge in [0.2, 0.25) is 0 Å². The Morgan fingerprint density at radius 1 is 1.24 bits per heavy atom. The summed E-state index contributed by atoms with van der Waals surface area (Å²) in [7, 11) is 0. The molecule has 0 bridgehead atoms. The van der Waals surface area contributed by atoms with Crippen molar-refractivity contribution < 1.29 is 9.47 Å². The molecule has 0 aromatic carbocycles. The fourth-order valence-corrected chi connectivity index (χ4v) is 4.15. The SMILES string of the molecule is CCCNC(CCCC1CCCO1)C1(OCC)CCCC1. The molecule has 0 aromatic heterocycles. The van der Waals surface area contributed by atoms with Gasteiger partial charge in [0.15, 0.2) is 0 Å². The highest BCUT2D eigenvalue weighted by molar-refractivity contribution is 4.97. The van der Waals surface area contributed by atoms with E-state index in [4.69, 9.17) is 9.47 Å². The highest BCUT2D eigenvalue weighted by atomic mass is 16.5. The molecule has 2 unspecified atom stereocenters. The third-order valence-corrected chi connectivity index (χ3v) is 5.20. The quantitative estimate of drug-likeness (QED) is 0.660. The summed E-state index contributed by atoms with van der Waals surface area (Å²) >= 11 is 0. The molecule has 0 radical (unpaired) electrons. The van der Waals surface area contributed by atoms with Gasteiger partial charge in [0.25, 0.3) is 0 Å². The van der Waals surface area contributed by atoms with Crippen LogP contribution < -0.4 is 5.32 Å². The summed E-state index contributed by atoms with van der Waals surface area (Å²) in [5.74, 6) is 0. The maximum atomic E-state index is 6.28. The minimum Gasteiger partial charge on any atom is -0.378 e. The van der Waals surface area contributed by atoms with Crippen LogP contribution in [-0.2, 0) is 9.47 Å². The average molecular weight is 297 g/mol. The fourth-order valence-electron chi connectivity index (χ4n) is 4.15. The van der Waals surface area contributed by atoms with Crippen molar-refractivity contribution in [1.82, 2.24) is 5.32 Å². The predicted molar refractivity (Wildman–Crippen MR) is 87.7 cm³/mol. The first-order valence-electron chi connectivity index (χ1n) is 9.29. The summed E-state index contributed by atoms with van der Waals surface area (Å²) in [5.41, 5.74) is 0.112. The second kappa shape index (κ2) is 9.12. The first-order valence-corrected chi connectivity index (χ1v) is 9.29. The molecule has 0 aromatic rings. The van der Waals surface area contributed by atoms with Gasteiger partial charge in [-0.1, -0.05) is 19.8 Å². The largest absolute Gasteiger partial charge is 0.378 e. The zero-order chi connectivity index (χ0) is 15.0. The van der Waals surface area contributed by atoms with Crippen molar-refractivity contribution in [3.63, 3.8) is 0 Å². The van der Waals surface area contributed by atoms with E-state index in [2.05, 4.69) is 19.2 Å². The second-order valence-corrected chi connectivity index (χ2v) is 6.78. The van der Waals surface area contributed by atoms with Crippen LogP contribution in [0.4, 0.5) is 0 Å². The molecule has 3 heteroatoms. The number of ether oxygens (including phenoxy) is 2. The van der Waals surface area contributed by atoms with Gasteiger partial charge < -0.3 is 14.8 Å². The van der Waals surface area contributed by atoms with Crippen LogP contribution in [0, 0.1) is 0 Å². The Morgan fingerprint density at radius 3 is 2.67 bits per heavy atom. The average Bonchev–Trinajstić information content (AvgIpc) is 3.15. The topological polar surface area (TPSA) is 30.5 Å². The van der Waals surface area contributed by atoms with Gasteiger partial charge in [-0.2, -0.15) is 0 Å². The van der Waals surface area contributed by atoms with Crippen molar-refractivity contribution in [3.8, 4) is 0 Å². The Kier molecular flexibility index (Phi) is 7.48. The number of rotatable bonds is 10. The van der Waals surface area contributed by atoms with Crippen LogP contribution in [0.25, 0.3) is 0 Å². The van der Waals surface area contributed by atoms with Crippen molar-refractivity contribution in [2.24, 2.45) is 0 Å². The van der Waals surface area contributed by atoms with E-state index in [1.165, 1.54) is 64.2 Å². The molecular formula is C18H35NO2. The maximum absolute atomic E-state index is 6.28. The van der Waals surface area contributed by atoms with Crippen molar-refractivity contribution in [3.05, 3.63) is 0 Å². The number of hydrogen-bond donors (Lipinski definition) is 1. The molecule has 0 amide bonds. The van der Waals surface area contributed by atoms with Gasteiger partial charge in [0.05, 0.1) is 11.7 Å². The maximum Gasteiger partial charge on any atom is 0.0834 e. The van der Waals surface area contributed by atoms with E-state index < -0.39 is 0 Å². The van der Waals surface area contributed by atoms with Gasteiger partial charge in [-0.25, -0.2) is 0 Å². The van der Waals surface area contributed by atoms with Crippen LogP contribution >= 0.6 is 0 Å².